The molecule has 0 aromatic rings. The van der Waals surface area contributed by atoms with E-state index in [2.05, 4.69) is 4.74 Å². The number of ether oxygens (including phenoxy) is 1. The van der Waals surface area contributed by atoms with E-state index in [0.29, 0.717) is 6.61 Å². The molecular formula is C7H14O3W. The monoisotopic (exact) mass is 330 g/mol. The van der Waals surface area contributed by atoms with Gasteiger partial charge in [0.25, 0.3) is 0 Å². The minimum atomic E-state index is -0.972. The Morgan fingerprint density at radius 3 is 2.27 bits per heavy atom. The second-order valence-corrected chi connectivity index (χ2v) is 2.44. The van der Waals surface area contributed by atoms with Crippen LogP contribution >= 0.6 is 0 Å². The first kappa shape index (κ1) is 13.7. The number of esters is 1. The number of carbonyl (C=O) groups excluding carboxylic acids is 1. The van der Waals surface area contributed by atoms with Crippen molar-refractivity contribution in [3.63, 3.8) is 0 Å². The number of hydrogen-bond acceptors (Lipinski definition) is 3. The molecule has 66 valence electrons. The van der Waals surface area contributed by atoms with E-state index in [1.807, 2.05) is 0 Å². The van der Waals surface area contributed by atoms with E-state index < -0.39 is 12.1 Å². The van der Waals surface area contributed by atoms with Gasteiger partial charge in [-0.15, -0.1) is 0 Å². The second kappa shape index (κ2) is 6.81. The minimum Gasteiger partial charge on any atom is -0.464 e. The summed E-state index contributed by atoms with van der Waals surface area (Å²) in [6.45, 7) is 5.57. The fourth-order valence-electron chi connectivity index (χ4n) is 0.500. The molecule has 1 unspecified atom stereocenters. The molecule has 0 saturated carbocycles. The van der Waals surface area contributed by atoms with E-state index in [-0.39, 0.29) is 27.0 Å². The van der Waals surface area contributed by atoms with Crippen LogP contribution in [0.2, 0.25) is 0 Å². The third kappa shape index (κ3) is 5.39. The maximum absolute atomic E-state index is 10.7. The minimum absolute atomic E-state index is 0. The van der Waals surface area contributed by atoms with Crippen LogP contribution < -0.4 is 0 Å². The number of carbonyl (C=O) groups is 1. The first-order chi connectivity index (χ1) is 4.59. The molecule has 1 N–H and O–H groups in total. The zero-order chi connectivity index (χ0) is 8.15. The van der Waals surface area contributed by atoms with Gasteiger partial charge in [-0.2, -0.15) is 0 Å². The SMILES string of the molecule is CCOC(=O)C(O)C(C)C.[W]. The summed E-state index contributed by atoms with van der Waals surface area (Å²) in [6.07, 6.45) is -0.972. The average molecular weight is 330 g/mol. The van der Waals surface area contributed by atoms with Crippen LogP contribution in [0.4, 0.5) is 0 Å². The Labute approximate surface area is 81.4 Å². The molecule has 0 amide bonds. The second-order valence-electron chi connectivity index (χ2n) is 2.44. The fourth-order valence-corrected chi connectivity index (χ4v) is 0.500. The van der Waals surface area contributed by atoms with Crippen LogP contribution in [0.3, 0.4) is 0 Å². The van der Waals surface area contributed by atoms with Gasteiger partial charge in [0.2, 0.25) is 0 Å². The van der Waals surface area contributed by atoms with Gasteiger partial charge >= 0.3 is 5.97 Å². The Morgan fingerprint density at radius 1 is 1.55 bits per heavy atom. The maximum Gasteiger partial charge on any atom is 0.335 e. The van der Waals surface area contributed by atoms with Gasteiger partial charge < -0.3 is 9.84 Å². The molecule has 0 aliphatic carbocycles. The van der Waals surface area contributed by atoms with Gasteiger partial charge in [-0.05, 0) is 12.8 Å². The van der Waals surface area contributed by atoms with Crippen molar-refractivity contribution in [3.8, 4) is 0 Å². The molecule has 0 aliphatic rings. The van der Waals surface area contributed by atoms with Crippen molar-refractivity contribution in [1.29, 1.82) is 0 Å². The summed E-state index contributed by atoms with van der Waals surface area (Å²) in [5, 5.41) is 9.05. The Hall–Kier alpha value is 0.118. The van der Waals surface area contributed by atoms with Crippen LogP contribution in [0.25, 0.3) is 0 Å². The van der Waals surface area contributed by atoms with Gasteiger partial charge in [0.05, 0.1) is 6.61 Å². The Bertz CT molecular complexity index is 114. The summed E-state index contributed by atoms with van der Waals surface area (Å²) >= 11 is 0. The van der Waals surface area contributed by atoms with Crippen molar-refractivity contribution in [2.45, 2.75) is 26.9 Å². The van der Waals surface area contributed by atoms with Crippen molar-refractivity contribution in [3.05, 3.63) is 0 Å². The molecule has 1 atom stereocenters. The molecule has 11 heavy (non-hydrogen) atoms. The van der Waals surface area contributed by atoms with Gasteiger partial charge in [-0.3, -0.25) is 0 Å². The van der Waals surface area contributed by atoms with E-state index in [4.69, 9.17) is 5.11 Å². The third-order valence-electron chi connectivity index (χ3n) is 1.16. The van der Waals surface area contributed by atoms with Crippen LogP contribution in [-0.2, 0) is 30.6 Å². The van der Waals surface area contributed by atoms with E-state index >= 15 is 0 Å². The van der Waals surface area contributed by atoms with Crippen molar-refractivity contribution in [2.24, 2.45) is 5.92 Å². The zero-order valence-corrected chi connectivity index (χ0v) is 9.97. The van der Waals surface area contributed by atoms with Crippen LogP contribution in [-0.4, -0.2) is 23.8 Å². The van der Waals surface area contributed by atoms with Crippen molar-refractivity contribution in [2.75, 3.05) is 6.61 Å². The van der Waals surface area contributed by atoms with E-state index in [9.17, 15) is 4.79 Å². The Morgan fingerprint density at radius 2 is 2.00 bits per heavy atom. The summed E-state index contributed by atoms with van der Waals surface area (Å²) in [7, 11) is 0. The van der Waals surface area contributed by atoms with E-state index in [0.717, 1.165) is 0 Å². The molecule has 0 heterocycles. The normalized spacial score (nSPS) is 12.1. The van der Waals surface area contributed by atoms with Crippen LogP contribution in [0.1, 0.15) is 20.8 Å². The Balaban J connectivity index is 0. The van der Waals surface area contributed by atoms with E-state index in [1.165, 1.54) is 0 Å². The van der Waals surface area contributed by atoms with Crippen LogP contribution in [0, 0.1) is 5.92 Å². The van der Waals surface area contributed by atoms with Gasteiger partial charge in [0.15, 0.2) is 6.10 Å². The van der Waals surface area contributed by atoms with Gasteiger partial charge in [0, 0.05) is 21.1 Å². The fraction of sp³-hybridized carbons (Fsp3) is 0.857. The third-order valence-corrected chi connectivity index (χ3v) is 1.16. The topological polar surface area (TPSA) is 46.5 Å². The smallest absolute Gasteiger partial charge is 0.335 e. The predicted octanol–water partition coefficient (Wildman–Crippen LogP) is 0.564. The molecule has 0 radical (unpaired) electrons. The molecule has 0 aliphatic heterocycles. The number of aliphatic hydroxyl groups excluding tert-OH is 1. The molecule has 0 bridgehead atoms. The molecule has 0 fully saturated rings. The van der Waals surface area contributed by atoms with Gasteiger partial charge in [-0.25, -0.2) is 4.79 Å². The molecule has 0 saturated heterocycles. The summed E-state index contributed by atoms with van der Waals surface area (Å²) in [5.41, 5.74) is 0. The summed E-state index contributed by atoms with van der Waals surface area (Å²) in [5.74, 6) is -0.600. The van der Waals surface area contributed by atoms with Crippen molar-refractivity contribution in [1.82, 2.24) is 0 Å². The summed E-state index contributed by atoms with van der Waals surface area (Å²) in [6, 6.07) is 0. The first-order valence-electron chi connectivity index (χ1n) is 3.44. The molecule has 0 aromatic carbocycles. The number of rotatable bonds is 3. The quantitative estimate of drug-likeness (QED) is 0.770. The number of aliphatic hydroxyl groups is 1. The molecular weight excluding hydrogens is 316 g/mol. The van der Waals surface area contributed by atoms with Crippen LogP contribution in [0.15, 0.2) is 0 Å². The van der Waals surface area contributed by atoms with E-state index in [1.54, 1.807) is 20.8 Å². The Kier molecular flexibility index (Phi) is 8.47. The van der Waals surface area contributed by atoms with Crippen molar-refractivity contribution >= 4 is 5.97 Å². The maximum atomic E-state index is 10.7. The standard InChI is InChI=1S/C7H14O3.W/c1-4-10-7(9)6(8)5(2)3;/h5-6,8H,4H2,1-3H3;. The number of hydrogen-bond donors (Lipinski definition) is 1. The molecule has 0 aromatic heterocycles. The van der Waals surface area contributed by atoms with Crippen LogP contribution in [0.5, 0.6) is 0 Å². The predicted molar refractivity (Wildman–Crippen MR) is 37.5 cm³/mol. The summed E-state index contributed by atoms with van der Waals surface area (Å²) in [4.78, 5) is 10.7. The van der Waals surface area contributed by atoms with Gasteiger partial charge in [-0.1, -0.05) is 13.8 Å². The average Bonchev–Trinajstić information content (AvgIpc) is 1.87. The molecule has 0 rings (SSSR count). The first-order valence-corrected chi connectivity index (χ1v) is 3.44. The molecule has 3 nitrogen and oxygen atoms in total. The zero-order valence-electron chi connectivity index (χ0n) is 7.03. The van der Waals surface area contributed by atoms with Gasteiger partial charge in [0.1, 0.15) is 0 Å². The summed E-state index contributed by atoms with van der Waals surface area (Å²) < 4.78 is 4.58. The molecule has 0 spiro atoms. The largest absolute Gasteiger partial charge is 0.464 e. The molecule has 4 heteroatoms. The van der Waals surface area contributed by atoms with Crippen molar-refractivity contribution < 1.29 is 35.7 Å².